The quantitative estimate of drug-likeness (QED) is 0.317. The fourth-order valence-electron chi connectivity index (χ4n) is 4.33. The molecule has 0 spiro atoms. The number of nitrogens with zero attached hydrogens (tertiary/aromatic N) is 3. The van der Waals surface area contributed by atoms with Crippen LogP contribution in [0.25, 0.3) is 38.6 Å². The van der Waals surface area contributed by atoms with Gasteiger partial charge in [-0.2, -0.15) is 0 Å². The maximum Gasteiger partial charge on any atom is 0.187 e. The second-order valence-corrected chi connectivity index (χ2v) is 8.51. The molecule has 32 heavy (non-hydrogen) atoms. The summed E-state index contributed by atoms with van der Waals surface area (Å²) in [4.78, 5) is 13.7. The molecule has 3 nitrogen and oxygen atoms in total. The topological polar surface area (TPSA) is 30.1 Å². The van der Waals surface area contributed by atoms with Crippen LogP contribution in [0.2, 0.25) is 0 Å². The third-order valence-corrected chi connectivity index (χ3v) is 5.64. The van der Waals surface area contributed by atoms with Gasteiger partial charge in [0.2, 0.25) is 0 Å². The maximum absolute atomic E-state index is 7.43. The third-order valence-electron chi connectivity index (χ3n) is 5.64. The monoisotopic (exact) mass is 417 g/mol. The average Bonchev–Trinajstić information content (AvgIpc) is 2.77. The van der Waals surface area contributed by atoms with Crippen LogP contribution in [0, 0.1) is 34.3 Å². The first kappa shape index (κ1) is 21.5. The number of hydrogen-bond acceptors (Lipinski definition) is 2. The van der Waals surface area contributed by atoms with E-state index >= 15 is 0 Å². The zero-order valence-electron chi connectivity index (χ0n) is 19.3. The van der Waals surface area contributed by atoms with Gasteiger partial charge in [0.15, 0.2) is 5.69 Å². The number of hydrogen-bond donors (Lipinski definition) is 0. The second kappa shape index (κ2) is 8.77. The third kappa shape index (κ3) is 4.31. The van der Waals surface area contributed by atoms with Gasteiger partial charge in [0, 0.05) is 11.1 Å². The van der Waals surface area contributed by atoms with Crippen LogP contribution >= 0.6 is 0 Å². The van der Waals surface area contributed by atoms with Crippen molar-refractivity contribution in [3.05, 3.63) is 100 Å². The Hall–Kier alpha value is -3.77. The number of benzene rings is 3. The van der Waals surface area contributed by atoms with Crippen molar-refractivity contribution in [3.8, 4) is 33.8 Å². The van der Waals surface area contributed by atoms with Crippen molar-refractivity contribution in [1.82, 2.24) is 9.97 Å². The van der Waals surface area contributed by atoms with Crippen molar-refractivity contribution in [1.29, 1.82) is 0 Å². The summed E-state index contributed by atoms with van der Waals surface area (Å²) in [5, 5.41) is 0. The molecular formula is C29H27N3. The molecule has 0 aliphatic carbocycles. The van der Waals surface area contributed by atoms with Crippen molar-refractivity contribution in [2.45, 2.75) is 41.0 Å². The standard InChI is InChI=1S/C29H27N3/c1-7-22-8-9-25(30-6)16-26(22)27-17-31-28(23-12-18(2)10-19(3)13-23)29(32-27)24-14-20(4)11-21(5)15-24/h8-17H,7H2,1-5H3. The van der Waals surface area contributed by atoms with Gasteiger partial charge in [-0.15, -0.1) is 0 Å². The van der Waals surface area contributed by atoms with Crippen molar-refractivity contribution in [2.75, 3.05) is 0 Å². The molecule has 3 aromatic carbocycles. The van der Waals surface area contributed by atoms with E-state index in [9.17, 15) is 0 Å². The molecule has 1 heterocycles. The highest BCUT2D eigenvalue weighted by Crippen LogP contribution is 2.35. The van der Waals surface area contributed by atoms with Crippen LogP contribution in [0.3, 0.4) is 0 Å². The molecule has 0 aliphatic heterocycles. The molecular weight excluding hydrogens is 390 g/mol. The summed E-state index contributed by atoms with van der Waals surface area (Å²) < 4.78 is 0. The van der Waals surface area contributed by atoms with Gasteiger partial charge in [0.25, 0.3) is 0 Å². The molecule has 0 aliphatic rings. The molecule has 0 saturated carbocycles. The summed E-state index contributed by atoms with van der Waals surface area (Å²) in [6, 6.07) is 18.8. The minimum atomic E-state index is 0.616. The van der Waals surface area contributed by atoms with Gasteiger partial charge in [0.05, 0.1) is 29.9 Å². The molecule has 0 fully saturated rings. The fraction of sp³-hybridized carbons (Fsp3) is 0.207. The molecule has 0 amide bonds. The van der Waals surface area contributed by atoms with Crippen LogP contribution in [0.4, 0.5) is 5.69 Å². The first-order valence-electron chi connectivity index (χ1n) is 10.9. The summed E-state index contributed by atoms with van der Waals surface area (Å²) >= 11 is 0. The van der Waals surface area contributed by atoms with E-state index in [1.807, 2.05) is 24.4 Å². The van der Waals surface area contributed by atoms with Gasteiger partial charge in [0.1, 0.15) is 0 Å². The van der Waals surface area contributed by atoms with Crippen LogP contribution in [0.15, 0.2) is 60.8 Å². The first-order valence-corrected chi connectivity index (χ1v) is 10.9. The van der Waals surface area contributed by atoms with E-state index in [2.05, 4.69) is 75.9 Å². The molecule has 0 atom stereocenters. The molecule has 3 heteroatoms. The van der Waals surface area contributed by atoms with E-state index in [0.717, 1.165) is 45.8 Å². The van der Waals surface area contributed by atoms with E-state index in [-0.39, 0.29) is 0 Å². The zero-order chi connectivity index (χ0) is 22.8. The molecule has 1 aromatic heterocycles. The molecule has 4 rings (SSSR count). The number of aryl methyl sites for hydroxylation is 5. The van der Waals surface area contributed by atoms with Crippen molar-refractivity contribution in [2.24, 2.45) is 0 Å². The lowest BCUT2D eigenvalue weighted by atomic mass is 9.97. The Labute approximate surface area is 190 Å². The van der Waals surface area contributed by atoms with Crippen LogP contribution in [-0.4, -0.2) is 9.97 Å². The van der Waals surface area contributed by atoms with E-state index in [0.29, 0.717) is 5.69 Å². The smallest absolute Gasteiger partial charge is 0.187 e. The summed E-state index contributed by atoms with van der Waals surface area (Å²) in [5.74, 6) is 0. The molecule has 0 unspecified atom stereocenters. The molecule has 0 radical (unpaired) electrons. The highest BCUT2D eigenvalue weighted by Gasteiger charge is 2.16. The van der Waals surface area contributed by atoms with Crippen molar-refractivity contribution < 1.29 is 0 Å². The average molecular weight is 418 g/mol. The minimum Gasteiger partial charge on any atom is -0.252 e. The summed E-state index contributed by atoms with van der Waals surface area (Å²) in [7, 11) is 0. The van der Waals surface area contributed by atoms with Gasteiger partial charge in [-0.3, -0.25) is 4.98 Å². The lowest BCUT2D eigenvalue weighted by molar-refractivity contribution is 1.13. The predicted octanol–water partition coefficient (Wildman–Crippen LogP) is 7.82. The second-order valence-electron chi connectivity index (χ2n) is 8.51. The van der Waals surface area contributed by atoms with Crippen molar-refractivity contribution >= 4 is 5.69 Å². The SMILES string of the molecule is [C-]#[N+]c1ccc(CC)c(-c2cnc(-c3cc(C)cc(C)c3)c(-c3cc(C)cc(C)c3)n2)c1. The number of aromatic nitrogens is 2. The summed E-state index contributed by atoms with van der Waals surface area (Å²) in [6.07, 6.45) is 2.72. The molecule has 0 bridgehead atoms. The Balaban J connectivity index is 2.01. The summed E-state index contributed by atoms with van der Waals surface area (Å²) in [5.41, 5.74) is 12.2. The van der Waals surface area contributed by atoms with Gasteiger partial charge >= 0.3 is 0 Å². The lowest BCUT2D eigenvalue weighted by Gasteiger charge is -2.15. The highest BCUT2D eigenvalue weighted by molar-refractivity contribution is 5.81. The molecule has 0 saturated heterocycles. The largest absolute Gasteiger partial charge is 0.252 e. The minimum absolute atomic E-state index is 0.616. The van der Waals surface area contributed by atoms with E-state index in [4.69, 9.17) is 16.5 Å². The Morgan fingerprint density at radius 2 is 1.31 bits per heavy atom. The van der Waals surface area contributed by atoms with Crippen LogP contribution in [0.5, 0.6) is 0 Å². The van der Waals surface area contributed by atoms with Crippen molar-refractivity contribution in [3.63, 3.8) is 0 Å². The normalized spacial score (nSPS) is 10.8. The molecule has 158 valence electrons. The van der Waals surface area contributed by atoms with Crippen LogP contribution in [-0.2, 0) is 6.42 Å². The van der Waals surface area contributed by atoms with Crippen LogP contribution < -0.4 is 0 Å². The van der Waals surface area contributed by atoms with Crippen LogP contribution in [0.1, 0.15) is 34.7 Å². The van der Waals surface area contributed by atoms with E-state index in [1.165, 1.54) is 22.3 Å². The van der Waals surface area contributed by atoms with E-state index < -0.39 is 0 Å². The van der Waals surface area contributed by atoms with Gasteiger partial charge in [-0.1, -0.05) is 53.4 Å². The molecule has 0 N–H and O–H groups in total. The van der Waals surface area contributed by atoms with E-state index in [1.54, 1.807) is 0 Å². The first-order chi connectivity index (χ1) is 15.4. The number of rotatable bonds is 4. The Bertz CT molecular complexity index is 1320. The summed E-state index contributed by atoms with van der Waals surface area (Å²) in [6.45, 7) is 18.0. The fourth-order valence-corrected chi connectivity index (χ4v) is 4.33. The molecule has 4 aromatic rings. The Kier molecular flexibility index (Phi) is 5.88. The Morgan fingerprint density at radius 1 is 0.750 bits per heavy atom. The highest BCUT2D eigenvalue weighted by atomic mass is 14.8. The van der Waals surface area contributed by atoms with Gasteiger partial charge in [-0.05, 0) is 75.6 Å². The van der Waals surface area contributed by atoms with Gasteiger partial charge in [-0.25, -0.2) is 9.83 Å². The lowest BCUT2D eigenvalue weighted by Crippen LogP contribution is -1.99. The Morgan fingerprint density at radius 3 is 1.84 bits per heavy atom. The zero-order valence-corrected chi connectivity index (χ0v) is 19.3. The predicted molar refractivity (Wildman–Crippen MR) is 133 cm³/mol. The van der Waals surface area contributed by atoms with Gasteiger partial charge < -0.3 is 0 Å². The maximum atomic E-state index is 7.43.